The zero-order chi connectivity index (χ0) is 9.36. The van der Waals surface area contributed by atoms with Gasteiger partial charge in [-0.2, -0.15) is 0 Å². The minimum atomic E-state index is -0.0163. The molecule has 0 aromatic carbocycles. The maximum Gasteiger partial charge on any atom is 0.0946 e. The van der Waals surface area contributed by atoms with Gasteiger partial charge in [0.05, 0.1) is 19.8 Å². The van der Waals surface area contributed by atoms with Crippen LogP contribution in [0.2, 0.25) is 0 Å². The molecule has 4 heteroatoms. The fraction of sp³-hybridized carbons (Fsp3) is 1.00. The van der Waals surface area contributed by atoms with E-state index >= 15 is 0 Å². The standard InChI is InChI=1S/C9H19N2O2/c12-7-3-10-2-1-4-11-5-8-13-9-6-11/h10H,1-9H2. The van der Waals surface area contributed by atoms with Gasteiger partial charge >= 0.3 is 0 Å². The molecule has 0 saturated carbocycles. The SMILES string of the molecule is [O]CCNCCCN1CCOCC1. The number of ether oxygens (including phenoxy) is 1. The lowest BCUT2D eigenvalue weighted by Gasteiger charge is -2.26. The van der Waals surface area contributed by atoms with Gasteiger partial charge in [-0.1, -0.05) is 0 Å². The summed E-state index contributed by atoms with van der Waals surface area (Å²) in [5.74, 6) is 0. The van der Waals surface area contributed by atoms with Crippen LogP contribution < -0.4 is 5.32 Å². The van der Waals surface area contributed by atoms with Gasteiger partial charge in [0.25, 0.3) is 0 Å². The van der Waals surface area contributed by atoms with Crippen molar-refractivity contribution in [1.29, 1.82) is 0 Å². The first-order valence-corrected chi connectivity index (χ1v) is 5.02. The van der Waals surface area contributed by atoms with Gasteiger partial charge in [-0.3, -0.25) is 4.90 Å². The average molecular weight is 187 g/mol. The van der Waals surface area contributed by atoms with Crippen molar-refractivity contribution in [3.63, 3.8) is 0 Å². The number of morpholine rings is 1. The van der Waals surface area contributed by atoms with Gasteiger partial charge in [-0.15, -0.1) is 0 Å². The predicted octanol–water partition coefficient (Wildman–Crippen LogP) is -0.271. The molecule has 0 aliphatic carbocycles. The highest BCUT2D eigenvalue weighted by Crippen LogP contribution is 1.96. The van der Waals surface area contributed by atoms with Crippen LogP contribution >= 0.6 is 0 Å². The van der Waals surface area contributed by atoms with Crippen LogP contribution in [0.5, 0.6) is 0 Å². The van der Waals surface area contributed by atoms with Crippen LogP contribution in [-0.4, -0.2) is 57.4 Å². The van der Waals surface area contributed by atoms with E-state index in [9.17, 15) is 5.11 Å². The Bertz CT molecular complexity index is 116. The van der Waals surface area contributed by atoms with Crippen LogP contribution in [0.1, 0.15) is 6.42 Å². The Hall–Kier alpha value is -0.160. The molecule has 1 saturated heterocycles. The molecule has 1 N–H and O–H groups in total. The van der Waals surface area contributed by atoms with Gasteiger partial charge in [0.15, 0.2) is 0 Å². The van der Waals surface area contributed by atoms with Crippen LogP contribution in [0, 0.1) is 0 Å². The Balaban J connectivity index is 1.86. The van der Waals surface area contributed by atoms with Crippen molar-refractivity contribution in [2.75, 3.05) is 52.5 Å². The lowest BCUT2D eigenvalue weighted by molar-refractivity contribution is 0.0374. The maximum atomic E-state index is 10.1. The van der Waals surface area contributed by atoms with Crippen molar-refractivity contribution in [3.05, 3.63) is 0 Å². The minimum Gasteiger partial charge on any atom is -0.379 e. The van der Waals surface area contributed by atoms with Gasteiger partial charge in [-0.05, 0) is 19.5 Å². The molecule has 77 valence electrons. The molecule has 0 spiro atoms. The predicted molar refractivity (Wildman–Crippen MR) is 50.3 cm³/mol. The molecule has 1 radical (unpaired) electrons. The highest BCUT2D eigenvalue weighted by Gasteiger charge is 2.08. The topological polar surface area (TPSA) is 44.4 Å². The fourth-order valence-electron chi connectivity index (χ4n) is 1.45. The van der Waals surface area contributed by atoms with Crippen LogP contribution in [0.4, 0.5) is 0 Å². The van der Waals surface area contributed by atoms with Crippen molar-refractivity contribution in [2.24, 2.45) is 0 Å². The van der Waals surface area contributed by atoms with Crippen LogP contribution in [0.15, 0.2) is 0 Å². The molecule has 0 unspecified atom stereocenters. The monoisotopic (exact) mass is 187 g/mol. The number of nitrogens with one attached hydrogen (secondary N) is 1. The van der Waals surface area contributed by atoms with Crippen LogP contribution in [0.25, 0.3) is 0 Å². The summed E-state index contributed by atoms with van der Waals surface area (Å²) in [4.78, 5) is 2.41. The van der Waals surface area contributed by atoms with E-state index in [1.165, 1.54) is 0 Å². The van der Waals surface area contributed by atoms with Crippen molar-refractivity contribution < 1.29 is 9.84 Å². The Morgan fingerprint density at radius 3 is 2.69 bits per heavy atom. The van der Waals surface area contributed by atoms with Crippen LogP contribution in [-0.2, 0) is 9.84 Å². The van der Waals surface area contributed by atoms with Gasteiger partial charge in [0.1, 0.15) is 0 Å². The average Bonchev–Trinajstić information content (AvgIpc) is 2.19. The summed E-state index contributed by atoms with van der Waals surface area (Å²) in [5.41, 5.74) is 0. The second kappa shape index (κ2) is 7.26. The quantitative estimate of drug-likeness (QED) is 0.582. The summed E-state index contributed by atoms with van der Waals surface area (Å²) in [7, 11) is 0. The lowest BCUT2D eigenvalue weighted by Crippen LogP contribution is -2.37. The Kier molecular flexibility index (Phi) is 6.10. The smallest absolute Gasteiger partial charge is 0.0946 e. The zero-order valence-corrected chi connectivity index (χ0v) is 8.13. The molecule has 0 atom stereocenters. The first kappa shape index (κ1) is 10.9. The van der Waals surface area contributed by atoms with Crippen LogP contribution in [0.3, 0.4) is 0 Å². The molecule has 0 amide bonds. The number of rotatable bonds is 6. The van der Waals surface area contributed by atoms with E-state index in [-0.39, 0.29) is 6.61 Å². The van der Waals surface area contributed by atoms with E-state index in [2.05, 4.69) is 10.2 Å². The second-order valence-corrected chi connectivity index (χ2v) is 3.26. The van der Waals surface area contributed by atoms with Crippen molar-refractivity contribution in [1.82, 2.24) is 10.2 Å². The maximum absolute atomic E-state index is 10.1. The third-order valence-electron chi connectivity index (χ3n) is 2.21. The molecule has 1 rings (SSSR count). The van der Waals surface area contributed by atoms with E-state index in [4.69, 9.17) is 4.74 Å². The molecular weight excluding hydrogens is 168 g/mol. The van der Waals surface area contributed by atoms with Gasteiger partial charge in [-0.25, -0.2) is 5.11 Å². The first-order valence-electron chi connectivity index (χ1n) is 5.02. The van der Waals surface area contributed by atoms with Crippen molar-refractivity contribution in [2.45, 2.75) is 6.42 Å². The Morgan fingerprint density at radius 2 is 2.00 bits per heavy atom. The summed E-state index contributed by atoms with van der Waals surface area (Å²) in [6, 6.07) is 0. The Morgan fingerprint density at radius 1 is 1.23 bits per heavy atom. The number of hydrogen-bond acceptors (Lipinski definition) is 3. The molecule has 1 aliphatic rings. The molecule has 1 aliphatic heterocycles. The van der Waals surface area contributed by atoms with E-state index in [1.54, 1.807) is 0 Å². The van der Waals surface area contributed by atoms with E-state index < -0.39 is 0 Å². The highest BCUT2D eigenvalue weighted by atomic mass is 16.5. The molecule has 1 fully saturated rings. The van der Waals surface area contributed by atoms with Gasteiger partial charge in [0, 0.05) is 19.6 Å². The third-order valence-corrected chi connectivity index (χ3v) is 2.21. The molecular formula is C9H19N2O2. The van der Waals surface area contributed by atoms with Crippen molar-refractivity contribution >= 4 is 0 Å². The summed E-state index contributed by atoms with van der Waals surface area (Å²) in [6.45, 7) is 6.51. The molecule has 13 heavy (non-hydrogen) atoms. The van der Waals surface area contributed by atoms with Crippen molar-refractivity contribution in [3.8, 4) is 0 Å². The molecule has 4 nitrogen and oxygen atoms in total. The first-order chi connectivity index (χ1) is 6.43. The second-order valence-electron chi connectivity index (χ2n) is 3.26. The number of nitrogens with zero attached hydrogens (tertiary/aromatic N) is 1. The van der Waals surface area contributed by atoms with E-state index in [0.29, 0.717) is 6.54 Å². The third kappa shape index (κ3) is 5.21. The zero-order valence-electron chi connectivity index (χ0n) is 8.13. The number of hydrogen-bond donors (Lipinski definition) is 1. The van der Waals surface area contributed by atoms with Gasteiger partial charge < -0.3 is 10.1 Å². The van der Waals surface area contributed by atoms with E-state index in [1.807, 2.05) is 0 Å². The molecule has 0 aromatic heterocycles. The largest absolute Gasteiger partial charge is 0.379 e. The summed E-state index contributed by atoms with van der Waals surface area (Å²) < 4.78 is 5.25. The molecule has 0 aromatic rings. The lowest BCUT2D eigenvalue weighted by atomic mass is 10.3. The Labute approximate surface area is 79.9 Å². The minimum absolute atomic E-state index is 0.0163. The normalized spacial score (nSPS) is 19.2. The van der Waals surface area contributed by atoms with Gasteiger partial charge in [0.2, 0.25) is 0 Å². The molecule has 0 bridgehead atoms. The fourth-order valence-corrected chi connectivity index (χ4v) is 1.45. The summed E-state index contributed by atoms with van der Waals surface area (Å²) >= 11 is 0. The van der Waals surface area contributed by atoms with E-state index in [0.717, 1.165) is 45.8 Å². The molecule has 1 heterocycles. The highest BCUT2D eigenvalue weighted by molar-refractivity contribution is 4.62. The summed E-state index contributed by atoms with van der Waals surface area (Å²) in [5, 5.41) is 13.2. The summed E-state index contributed by atoms with van der Waals surface area (Å²) in [6.07, 6.45) is 1.12.